The van der Waals surface area contributed by atoms with Crippen LogP contribution in [0.5, 0.6) is 5.75 Å². The number of carbonyl (C=O) groups is 1. The van der Waals surface area contributed by atoms with E-state index < -0.39 is 0 Å². The lowest BCUT2D eigenvalue weighted by molar-refractivity contribution is -0.132. The third-order valence-electron chi connectivity index (χ3n) is 3.50. The second kappa shape index (κ2) is 4.95. The predicted octanol–water partition coefficient (Wildman–Crippen LogP) is 2.39. The van der Waals surface area contributed by atoms with Crippen molar-refractivity contribution < 1.29 is 9.53 Å². The minimum atomic E-state index is -0.338. The summed E-state index contributed by atoms with van der Waals surface area (Å²) in [4.78, 5) is 17.7. The smallest absolute Gasteiger partial charge is 0.255 e. The molecule has 0 aliphatic carbocycles. The number of aliphatic imine (C=N–C) groups is 1. The van der Waals surface area contributed by atoms with E-state index in [4.69, 9.17) is 22.2 Å². The first-order chi connectivity index (χ1) is 9.51. The summed E-state index contributed by atoms with van der Waals surface area (Å²) in [6.45, 7) is 1.91. The van der Waals surface area contributed by atoms with Crippen molar-refractivity contribution >= 4 is 40.7 Å². The standard InChI is InChI=1S/C13H14ClN3O2S/c1-6-3-9-12(13(18)17(6)15)20-11-5-10(19-2)7(14)4-8(11)16-9/h4-6,12H,3,15H2,1-2H3. The summed E-state index contributed by atoms with van der Waals surface area (Å²) in [5.74, 6) is 6.28. The van der Waals surface area contributed by atoms with Crippen LogP contribution in [0.1, 0.15) is 13.3 Å². The molecule has 1 saturated heterocycles. The Morgan fingerprint density at radius 3 is 3.00 bits per heavy atom. The normalized spacial score (nSPS) is 24.9. The zero-order valence-corrected chi connectivity index (χ0v) is 12.7. The number of hydrogen-bond donors (Lipinski definition) is 1. The molecule has 1 amide bonds. The van der Waals surface area contributed by atoms with E-state index in [1.54, 1.807) is 13.2 Å². The SMILES string of the molecule is COc1cc2c(cc1Cl)N=C1CC(C)N(N)C(=O)C1S2. The maximum absolute atomic E-state index is 12.2. The molecule has 2 aliphatic heterocycles. The van der Waals surface area contributed by atoms with Crippen LogP contribution >= 0.6 is 23.4 Å². The number of hydrogen-bond acceptors (Lipinski definition) is 5. The summed E-state index contributed by atoms with van der Waals surface area (Å²) in [5, 5.41) is 1.48. The van der Waals surface area contributed by atoms with Gasteiger partial charge in [0, 0.05) is 17.0 Å². The molecule has 1 fully saturated rings. The molecule has 7 heteroatoms. The van der Waals surface area contributed by atoms with Gasteiger partial charge < -0.3 is 4.74 Å². The third kappa shape index (κ3) is 2.08. The Morgan fingerprint density at radius 2 is 2.30 bits per heavy atom. The number of amides is 1. The van der Waals surface area contributed by atoms with E-state index >= 15 is 0 Å². The molecule has 2 unspecified atom stereocenters. The molecule has 1 aromatic rings. The van der Waals surface area contributed by atoms with Gasteiger partial charge in [-0.2, -0.15) is 0 Å². The summed E-state index contributed by atoms with van der Waals surface area (Å²) in [5.41, 5.74) is 1.65. The average molecular weight is 312 g/mol. The van der Waals surface area contributed by atoms with Gasteiger partial charge in [-0.1, -0.05) is 11.6 Å². The van der Waals surface area contributed by atoms with Gasteiger partial charge in [0.25, 0.3) is 5.91 Å². The fourth-order valence-corrected chi connectivity index (χ4v) is 3.77. The zero-order chi connectivity index (χ0) is 14.4. The molecule has 106 valence electrons. The Hall–Kier alpha value is -1.24. The first-order valence-electron chi connectivity index (χ1n) is 6.20. The second-order valence-corrected chi connectivity index (χ2v) is 6.41. The van der Waals surface area contributed by atoms with E-state index in [0.29, 0.717) is 17.2 Å². The molecule has 0 aromatic heterocycles. The Kier molecular flexibility index (Phi) is 3.40. The Labute approximate surface area is 126 Å². The number of benzene rings is 1. The van der Waals surface area contributed by atoms with E-state index in [-0.39, 0.29) is 17.2 Å². The van der Waals surface area contributed by atoms with Gasteiger partial charge in [0.15, 0.2) is 0 Å². The van der Waals surface area contributed by atoms with Crippen LogP contribution < -0.4 is 10.6 Å². The summed E-state index contributed by atoms with van der Waals surface area (Å²) in [6.07, 6.45) is 0.684. The van der Waals surface area contributed by atoms with E-state index in [9.17, 15) is 4.79 Å². The molecule has 0 bridgehead atoms. The number of rotatable bonds is 1. The molecule has 2 N–H and O–H groups in total. The molecule has 5 nitrogen and oxygen atoms in total. The molecule has 2 aliphatic rings. The topological polar surface area (TPSA) is 67.9 Å². The first kappa shape index (κ1) is 13.7. The number of nitrogens with two attached hydrogens (primary N) is 1. The lowest BCUT2D eigenvalue weighted by atomic mass is 10.0. The van der Waals surface area contributed by atoms with Crippen LogP contribution in [0, 0.1) is 0 Å². The molecule has 20 heavy (non-hydrogen) atoms. The van der Waals surface area contributed by atoms with E-state index in [2.05, 4.69) is 4.99 Å². The minimum Gasteiger partial charge on any atom is -0.495 e. The van der Waals surface area contributed by atoms with Gasteiger partial charge in [-0.05, 0) is 19.1 Å². The Balaban J connectivity index is 2.05. The molecule has 0 saturated carbocycles. The van der Waals surface area contributed by atoms with Crippen molar-refractivity contribution in [1.29, 1.82) is 0 Å². The molecular weight excluding hydrogens is 298 g/mol. The van der Waals surface area contributed by atoms with Crippen molar-refractivity contribution in [3.05, 3.63) is 17.2 Å². The van der Waals surface area contributed by atoms with Crippen LogP contribution in [-0.2, 0) is 4.79 Å². The number of halogens is 1. The van der Waals surface area contributed by atoms with Crippen molar-refractivity contribution in [3.63, 3.8) is 0 Å². The molecule has 2 atom stereocenters. The number of fused-ring (bicyclic) bond motifs is 2. The highest BCUT2D eigenvalue weighted by atomic mass is 35.5. The molecule has 3 rings (SSSR count). The van der Waals surface area contributed by atoms with Gasteiger partial charge in [-0.3, -0.25) is 14.8 Å². The van der Waals surface area contributed by atoms with Gasteiger partial charge in [0.1, 0.15) is 11.0 Å². The second-order valence-electron chi connectivity index (χ2n) is 4.85. The van der Waals surface area contributed by atoms with Crippen molar-refractivity contribution in [3.8, 4) is 5.75 Å². The predicted molar refractivity (Wildman–Crippen MR) is 79.9 cm³/mol. The zero-order valence-electron chi connectivity index (χ0n) is 11.1. The summed E-state index contributed by atoms with van der Waals surface area (Å²) in [6, 6.07) is 3.55. The van der Waals surface area contributed by atoms with Crippen LogP contribution in [0.3, 0.4) is 0 Å². The maximum atomic E-state index is 12.2. The van der Waals surface area contributed by atoms with Crippen LogP contribution in [0.15, 0.2) is 22.0 Å². The average Bonchev–Trinajstić information content (AvgIpc) is 2.43. The lowest BCUT2D eigenvalue weighted by Crippen LogP contribution is -2.56. The summed E-state index contributed by atoms with van der Waals surface area (Å²) in [7, 11) is 1.56. The number of hydrazine groups is 1. The molecule has 0 spiro atoms. The quantitative estimate of drug-likeness (QED) is 0.639. The van der Waals surface area contributed by atoms with Crippen LogP contribution in [0.2, 0.25) is 5.02 Å². The highest BCUT2D eigenvalue weighted by molar-refractivity contribution is 8.01. The van der Waals surface area contributed by atoms with Gasteiger partial charge >= 0.3 is 0 Å². The lowest BCUT2D eigenvalue weighted by Gasteiger charge is -2.36. The largest absolute Gasteiger partial charge is 0.495 e. The summed E-state index contributed by atoms with van der Waals surface area (Å²) < 4.78 is 5.20. The van der Waals surface area contributed by atoms with Crippen molar-refractivity contribution in [2.24, 2.45) is 10.8 Å². The van der Waals surface area contributed by atoms with Crippen LogP contribution in [0.4, 0.5) is 5.69 Å². The van der Waals surface area contributed by atoms with E-state index in [0.717, 1.165) is 16.3 Å². The molecule has 2 heterocycles. The number of nitrogens with zero attached hydrogens (tertiary/aromatic N) is 2. The fourth-order valence-electron chi connectivity index (χ4n) is 2.37. The van der Waals surface area contributed by atoms with Gasteiger partial charge in [-0.15, -0.1) is 11.8 Å². The number of carbonyl (C=O) groups excluding carboxylic acids is 1. The summed E-state index contributed by atoms with van der Waals surface area (Å²) >= 11 is 7.57. The van der Waals surface area contributed by atoms with Crippen molar-refractivity contribution in [2.45, 2.75) is 29.5 Å². The Bertz CT molecular complexity index is 620. The van der Waals surface area contributed by atoms with Crippen molar-refractivity contribution in [1.82, 2.24) is 5.01 Å². The monoisotopic (exact) mass is 311 g/mol. The maximum Gasteiger partial charge on any atom is 0.255 e. The van der Waals surface area contributed by atoms with Gasteiger partial charge in [-0.25, -0.2) is 5.84 Å². The molecule has 0 radical (unpaired) electrons. The van der Waals surface area contributed by atoms with E-state index in [1.165, 1.54) is 16.8 Å². The number of ether oxygens (including phenoxy) is 1. The van der Waals surface area contributed by atoms with Crippen molar-refractivity contribution in [2.75, 3.05) is 7.11 Å². The number of thioether (sulfide) groups is 1. The fraction of sp³-hybridized carbons (Fsp3) is 0.385. The first-order valence-corrected chi connectivity index (χ1v) is 7.46. The van der Waals surface area contributed by atoms with Crippen LogP contribution in [-0.4, -0.2) is 35.0 Å². The number of piperidine rings is 1. The third-order valence-corrected chi connectivity index (χ3v) is 5.09. The minimum absolute atomic E-state index is 0.0339. The van der Waals surface area contributed by atoms with Gasteiger partial charge in [0.2, 0.25) is 0 Å². The van der Waals surface area contributed by atoms with E-state index in [1.807, 2.05) is 13.0 Å². The molecule has 1 aromatic carbocycles. The van der Waals surface area contributed by atoms with Gasteiger partial charge in [0.05, 0.1) is 23.9 Å². The van der Waals surface area contributed by atoms with Crippen LogP contribution in [0.25, 0.3) is 0 Å². The molecular formula is C13H14ClN3O2S. The number of methoxy groups -OCH3 is 1. The highest BCUT2D eigenvalue weighted by Gasteiger charge is 2.39. The Morgan fingerprint density at radius 1 is 1.55 bits per heavy atom. The highest BCUT2D eigenvalue weighted by Crippen LogP contribution is 2.45.